The lowest BCUT2D eigenvalue weighted by atomic mass is 10.0. The summed E-state index contributed by atoms with van der Waals surface area (Å²) in [5, 5.41) is 0. The Bertz CT molecular complexity index is 318. The van der Waals surface area contributed by atoms with Crippen LogP contribution < -0.4 is 0 Å². The molecule has 136 valence electrons. The summed E-state index contributed by atoms with van der Waals surface area (Å²) in [5.41, 5.74) is 0. The Morgan fingerprint density at radius 1 is 0.818 bits per heavy atom. The molecule has 0 fully saturated rings. The molecule has 5 heteroatoms. The van der Waals surface area contributed by atoms with E-state index in [1.807, 2.05) is 0 Å². The summed E-state index contributed by atoms with van der Waals surface area (Å²) in [6.45, 7) is 18.6. The van der Waals surface area contributed by atoms with Crippen molar-refractivity contribution in [2.24, 2.45) is 5.92 Å². The predicted octanol–water partition coefficient (Wildman–Crippen LogP) is 4.02. The van der Waals surface area contributed by atoms with Gasteiger partial charge in [0.25, 0.3) is 0 Å². The standard InChI is InChI=1S/C9H20O3S.C8H20N/c1-9(2)7-5-3-4-6-8-13(10,11)12;1-5-9(6-2,7-3)8-4/h9H,3-8H2,1-2H3,(H,10,11,12);5-8H2,1-4H3/q;+1/p-1. The Hall–Kier alpha value is -0.130. The zero-order chi connectivity index (χ0) is 17.6. The van der Waals surface area contributed by atoms with E-state index in [0.717, 1.165) is 19.3 Å². The summed E-state index contributed by atoms with van der Waals surface area (Å²) in [4.78, 5) is 0. The molecule has 0 rings (SSSR count). The molecule has 0 N–H and O–H groups in total. The highest BCUT2D eigenvalue weighted by Gasteiger charge is 2.16. The van der Waals surface area contributed by atoms with Crippen LogP contribution in [0.5, 0.6) is 0 Å². The van der Waals surface area contributed by atoms with Gasteiger partial charge in [0.05, 0.1) is 36.3 Å². The van der Waals surface area contributed by atoms with Gasteiger partial charge in [-0.1, -0.05) is 39.5 Å². The highest BCUT2D eigenvalue weighted by molar-refractivity contribution is 7.85. The van der Waals surface area contributed by atoms with Gasteiger partial charge in [-0.3, -0.25) is 0 Å². The summed E-state index contributed by atoms with van der Waals surface area (Å²) in [7, 11) is -3.98. The summed E-state index contributed by atoms with van der Waals surface area (Å²) >= 11 is 0. The molecule has 0 saturated heterocycles. The van der Waals surface area contributed by atoms with Gasteiger partial charge in [0.1, 0.15) is 0 Å². The third-order valence-electron chi connectivity index (χ3n) is 4.61. The first-order valence-corrected chi connectivity index (χ1v) is 10.5. The smallest absolute Gasteiger partial charge is 0.0945 e. The van der Waals surface area contributed by atoms with Crippen LogP contribution in [0.2, 0.25) is 0 Å². The van der Waals surface area contributed by atoms with Gasteiger partial charge < -0.3 is 9.04 Å². The van der Waals surface area contributed by atoms with Crippen molar-refractivity contribution in [3.63, 3.8) is 0 Å². The molecular formula is C17H39NO3S. The quantitative estimate of drug-likeness (QED) is 0.325. The third-order valence-corrected chi connectivity index (χ3v) is 5.40. The maximum atomic E-state index is 10.2. The van der Waals surface area contributed by atoms with Gasteiger partial charge in [0.2, 0.25) is 0 Å². The molecule has 0 aromatic rings. The minimum Gasteiger partial charge on any atom is -0.748 e. The number of unbranched alkanes of at least 4 members (excludes halogenated alkanes) is 3. The van der Waals surface area contributed by atoms with E-state index in [-0.39, 0.29) is 5.75 Å². The van der Waals surface area contributed by atoms with Gasteiger partial charge in [-0.25, -0.2) is 8.42 Å². The van der Waals surface area contributed by atoms with Gasteiger partial charge in [-0.2, -0.15) is 0 Å². The lowest BCUT2D eigenvalue weighted by Crippen LogP contribution is -2.47. The Morgan fingerprint density at radius 3 is 1.50 bits per heavy atom. The maximum Gasteiger partial charge on any atom is 0.0945 e. The summed E-state index contributed by atoms with van der Waals surface area (Å²) in [5.74, 6) is 0.512. The Labute approximate surface area is 139 Å². The van der Waals surface area contributed by atoms with Crippen molar-refractivity contribution in [3.8, 4) is 0 Å². The molecule has 0 bridgehead atoms. The van der Waals surface area contributed by atoms with Crippen LogP contribution in [0.4, 0.5) is 0 Å². The predicted molar refractivity (Wildman–Crippen MR) is 94.9 cm³/mol. The fraction of sp³-hybridized carbons (Fsp3) is 1.00. The monoisotopic (exact) mass is 337 g/mol. The van der Waals surface area contributed by atoms with Crippen LogP contribution in [0.1, 0.15) is 73.6 Å². The van der Waals surface area contributed by atoms with Crippen LogP contribution in [0.25, 0.3) is 0 Å². The summed E-state index contributed by atoms with van der Waals surface area (Å²) < 4.78 is 31.9. The van der Waals surface area contributed by atoms with Gasteiger partial charge >= 0.3 is 0 Å². The van der Waals surface area contributed by atoms with Crippen molar-refractivity contribution in [3.05, 3.63) is 0 Å². The van der Waals surface area contributed by atoms with E-state index in [9.17, 15) is 13.0 Å². The molecule has 4 nitrogen and oxygen atoms in total. The minimum atomic E-state index is -3.98. The molecule has 0 aliphatic heterocycles. The lowest BCUT2D eigenvalue weighted by molar-refractivity contribution is -0.921. The second-order valence-corrected chi connectivity index (χ2v) is 7.99. The molecule has 0 aromatic heterocycles. The molecule has 0 heterocycles. The molecule has 0 aliphatic carbocycles. The van der Waals surface area contributed by atoms with Crippen molar-refractivity contribution < 1.29 is 17.5 Å². The second kappa shape index (κ2) is 13.3. The first-order chi connectivity index (χ1) is 10.2. The van der Waals surface area contributed by atoms with Gasteiger partial charge in [-0.05, 0) is 40.0 Å². The first-order valence-electron chi connectivity index (χ1n) is 8.94. The van der Waals surface area contributed by atoms with Crippen LogP contribution in [-0.4, -0.2) is 49.4 Å². The van der Waals surface area contributed by atoms with Crippen molar-refractivity contribution in [1.82, 2.24) is 0 Å². The van der Waals surface area contributed by atoms with Gasteiger partial charge in [0, 0.05) is 5.75 Å². The average Bonchev–Trinajstić information content (AvgIpc) is 2.45. The Morgan fingerprint density at radius 2 is 1.23 bits per heavy atom. The van der Waals surface area contributed by atoms with E-state index in [1.165, 1.54) is 37.1 Å². The molecule has 0 spiro atoms. The minimum absolute atomic E-state index is 0.200. The van der Waals surface area contributed by atoms with Crippen molar-refractivity contribution in [2.45, 2.75) is 73.6 Å². The summed E-state index contributed by atoms with van der Waals surface area (Å²) in [6.07, 6.45) is 4.73. The summed E-state index contributed by atoms with van der Waals surface area (Å²) in [6, 6.07) is 0. The normalized spacial score (nSPS) is 12.2. The van der Waals surface area contributed by atoms with E-state index in [2.05, 4.69) is 41.5 Å². The molecule has 0 atom stereocenters. The second-order valence-electron chi connectivity index (χ2n) is 6.47. The fourth-order valence-electron chi connectivity index (χ4n) is 2.53. The molecular weight excluding hydrogens is 298 g/mol. The molecule has 0 aliphatic rings. The van der Waals surface area contributed by atoms with E-state index in [0.29, 0.717) is 12.3 Å². The molecule has 0 aromatic carbocycles. The van der Waals surface area contributed by atoms with E-state index < -0.39 is 10.1 Å². The fourth-order valence-corrected chi connectivity index (χ4v) is 3.08. The van der Waals surface area contributed by atoms with Crippen molar-refractivity contribution in [2.75, 3.05) is 31.9 Å². The molecule has 0 saturated carbocycles. The van der Waals surface area contributed by atoms with Gasteiger partial charge in [-0.15, -0.1) is 0 Å². The van der Waals surface area contributed by atoms with Gasteiger partial charge in [0.15, 0.2) is 0 Å². The Kier molecular flexibility index (Phi) is 14.6. The first kappa shape index (κ1) is 24.1. The highest BCUT2D eigenvalue weighted by atomic mass is 32.2. The number of nitrogens with zero attached hydrogens (tertiary/aromatic N) is 1. The molecule has 22 heavy (non-hydrogen) atoms. The topological polar surface area (TPSA) is 57.2 Å². The number of quaternary nitrogens is 1. The van der Waals surface area contributed by atoms with Crippen LogP contribution >= 0.6 is 0 Å². The van der Waals surface area contributed by atoms with E-state index >= 15 is 0 Å². The van der Waals surface area contributed by atoms with Crippen LogP contribution in [-0.2, 0) is 10.1 Å². The molecule has 0 unspecified atom stereocenters. The molecule has 0 radical (unpaired) electrons. The Balaban J connectivity index is 0. The largest absolute Gasteiger partial charge is 0.748 e. The van der Waals surface area contributed by atoms with E-state index in [1.54, 1.807) is 0 Å². The van der Waals surface area contributed by atoms with Crippen molar-refractivity contribution >= 4 is 10.1 Å². The van der Waals surface area contributed by atoms with E-state index in [4.69, 9.17) is 0 Å². The number of rotatable bonds is 11. The maximum absolute atomic E-state index is 10.2. The third kappa shape index (κ3) is 14.8. The van der Waals surface area contributed by atoms with Crippen LogP contribution in [0.3, 0.4) is 0 Å². The molecule has 0 amide bonds. The van der Waals surface area contributed by atoms with Crippen LogP contribution in [0.15, 0.2) is 0 Å². The van der Waals surface area contributed by atoms with Crippen LogP contribution in [0, 0.1) is 5.92 Å². The highest BCUT2D eigenvalue weighted by Crippen LogP contribution is 2.09. The lowest BCUT2D eigenvalue weighted by Gasteiger charge is -2.34. The zero-order valence-electron chi connectivity index (χ0n) is 15.7. The van der Waals surface area contributed by atoms with Crippen molar-refractivity contribution in [1.29, 1.82) is 0 Å². The number of hydrogen-bond acceptors (Lipinski definition) is 3. The number of hydrogen-bond donors (Lipinski definition) is 0. The zero-order valence-corrected chi connectivity index (χ0v) is 16.5. The average molecular weight is 338 g/mol. The SMILES string of the molecule is CC(C)CCCCCCS(=O)(=O)[O-].CC[N+](CC)(CC)CC.